The van der Waals surface area contributed by atoms with Gasteiger partial charge in [-0.25, -0.2) is 0 Å². The molecule has 2 unspecified atom stereocenters. The van der Waals surface area contributed by atoms with Gasteiger partial charge in [0.05, 0.1) is 6.04 Å². The Balaban J connectivity index is 1.84. The first-order valence-corrected chi connectivity index (χ1v) is 5.40. The molecule has 2 rings (SSSR count). The van der Waals surface area contributed by atoms with E-state index in [0.717, 1.165) is 0 Å². The van der Waals surface area contributed by atoms with Gasteiger partial charge < -0.3 is 15.5 Å². The highest BCUT2D eigenvalue weighted by molar-refractivity contribution is 5.91. The molecule has 2 N–H and O–H groups in total. The van der Waals surface area contributed by atoms with Gasteiger partial charge in [0.15, 0.2) is 0 Å². The molecule has 0 aliphatic carbocycles. The number of likely N-dealkylation sites (N-methyl/N-ethyl adjacent to an activating group) is 1. The lowest BCUT2D eigenvalue weighted by atomic mass is 10.2. The average molecular weight is 225 g/mol. The van der Waals surface area contributed by atoms with Crippen molar-refractivity contribution in [1.29, 1.82) is 0 Å². The van der Waals surface area contributed by atoms with E-state index in [4.69, 9.17) is 0 Å². The van der Waals surface area contributed by atoms with Crippen LogP contribution in [-0.2, 0) is 14.4 Å². The van der Waals surface area contributed by atoms with Crippen LogP contribution in [0.15, 0.2) is 0 Å². The van der Waals surface area contributed by atoms with Crippen LogP contribution in [0.5, 0.6) is 0 Å². The minimum absolute atomic E-state index is 0.0424. The van der Waals surface area contributed by atoms with E-state index in [0.29, 0.717) is 25.8 Å². The van der Waals surface area contributed by atoms with Gasteiger partial charge in [0.25, 0.3) is 0 Å². The Hall–Kier alpha value is -1.59. The Morgan fingerprint density at radius 2 is 2.25 bits per heavy atom. The molecule has 0 aromatic rings. The van der Waals surface area contributed by atoms with Crippen molar-refractivity contribution in [2.45, 2.75) is 31.3 Å². The first kappa shape index (κ1) is 10.9. The van der Waals surface area contributed by atoms with Crippen molar-refractivity contribution in [1.82, 2.24) is 15.5 Å². The standard InChI is InChI=1S/C10H15N3O3/c1-13-5-6(4-9(13)15)11-10(16)7-2-3-8(14)12-7/h6-7H,2-5H2,1H3,(H,11,16)(H,12,14). The maximum absolute atomic E-state index is 11.7. The van der Waals surface area contributed by atoms with Gasteiger partial charge in [0.2, 0.25) is 17.7 Å². The minimum Gasteiger partial charge on any atom is -0.349 e. The SMILES string of the molecule is CN1CC(NC(=O)C2CCC(=O)N2)CC1=O. The molecule has 0 bridgehead atoms. The summed E-state index contributed by atoms with van der Waals surface area (Å²) in [5, 5.41) is 5.39. The van der Waals surface area contributed by atoms with E-state index in [9.17, 15) is 14.4 Å². The highest BCUT2D eigenvalue weighted by Gasteiger charge is 2.32. The summed E-state index contributed by atoms with van der Waals surface area (Å²) in [6.45, 7) is 0.547. The number of nitrogens with zero attached hydrogens (tertiary/aromatic N) is 1. The molecule has 2 aliphatic heterocycles. The molecular weight excluding hydrogens is 210 g/mol. The summed E-state index contributed by atoms with van der Waals surface area (Å²) in [6.07, 6.45) is 1.30. The van der Waals surface area contributed by atoms with E-state index in [1.807, 2.05) is 0 Å². The number of nitrogens with one attached hydrogen (secondary N) is 2. The van der Waals surface area contributed by atoms with Crippen LogP contribution in [-0.4, -0.2) is 48.3 Å². The number of carbonyl (C=O) groups is 3. The van der Waals surface area contributed by atoms with Gasteiger partial charge in [-0.1, -0.05) is 0 Å². The van der Waals surface area contributed by atoms with Crippen LogP contribution in [0.4, 0.5) is 0 Å². The third-order valence-corrected chi connectivity index (χ3v) is 3.00. The molecule has 0 radical (unpaired) electrons. The molecule has 6 heteroatoms. The fraction of sp³-hybridized carbons (Fsp3) is 0.700. The van der Waals surface area contributed by atoms with Gasteiger partial charge >= 0.3 is 0 Å². The summed E-state index contributed by atoms with van der Waals surface area (Å²) >= 11 is 0. The quantitative estimate of drug-likeness (QED) is 0.607. The van der Waals surface area contributed by atoms with Crippen LogP contribution in [0.3, 0.4) is 0 Å². The Kier molecular flexibility index (Phi) is 2.80. The molecule has 88 valence electrons. The number of likely N-dealkylation sites (tertiary alicyclic amines) is 1. The lowest BCUT2D eigenvalue weighted by Crippen LogP contribution is -2.46. The van der Waals surface area contributed by atoms with Crippen LogP contribution >= 0.6 is 0 Å². The first-order chi connectivity index (χ1) is 7.56. The van der Waals surface area contributed by atoms with E-state index in [2.05, 4.69) is 10.6 Å². The second-order valence-electron chi connectivity index (χ2n) is 4.34. The van der Waals surface area contributed by atoms with Gasteiger partial charge in [0, 0.05) is 26.4 Å². The molecule has 2 fully saturated rings. The Morgan fingerprint density at radius 3 is 2.75 bits per heavy atom. The van der Waals surface area contributed by atoms with Crippen LogP contribution in [0.2, 0.25) is 0 Å². The van der Waals surface area contributed by atoms with Crippen molar-refractivity contribution in [2.24, 2.45) is 0 Å². The number of carbonyl (C=O) groups excluding carboxylic acids is 3. The molecule has 0 saturated carbocycles. The van der Waals surface area contributed by atoms with Crippen molar-refractivity contribution in [3.63, 3.8) is 0 Å². The third-order valence-electron chi connectivity index (χ3n) is 3.00. The Morgan fingerprint density at radius 1 is 1.50 bits per heavy atom. The summed E-state index contributed by atoms with van der Waals surface area (Å²) < 4.78 is 0. The van der Waals surface area contributed by atoms with E-state index >= 15 is 0 Å². The lowest BCUT2D eigenvalue weighted by Gasteiger charge is -2.15. The molecule has 0 spiro atoms. The molecule has 2 atom stereocenters. The van der Waals surface area contributed by atoms with Crippen LogP contribution in [0.25, 0.3) is 0 Å². The van der Waals surface area contributed by atoms with Crippen molar-refractivity contribution in [3.8, 4) is 0 Å². The first-order valence-electron chi connectivity index (χ1n) is 5.40. The zero-order valence-corrected chi connectivity index (χ0v) is 9.16. The number of hydrogen-bond donors (Lipinski definition) is 2. The predicted octanol–water partition coefficient (Wildman–Crippen LogP) is -1.39. The summed E-state index contributed by atoms with van der Waals surface area (Å²) in [5.74, 6) is -0.223. The van der Waals surface area contributed by atoms with E-state index in [-0.39, 0.29) is 23.8 Å². The fourth-order valence-electron chi connectivity index (χ4n) is 2.07. The average Bonchev–Trinajstić information content (AvgIpc) is 2.75. The van der Waals surface area contributed by atoms with Crippen molar-refractivity contribution in [2.75, 3.05) is 13.6 Å². The van der Waals surface area contributed by atoms with E-state index in [1.165, 1.54) is 0 Å². The second-order valence-corrected chi connectivity index (χ2v) is 4.34. The molecule has 2 saturated heterocycles. The maximum Gasteiger partial charge on any atom is 0.242 e. The summed E-state index contributed by atoms with van der Waals surface area (Å²) in [7, 11) is 1.71. The smallest absolute Gasteiger partial charge is 0.242 e. The van der Waals surface area contributed by atoms with Gasteiger partial charge in [-0.3, -0.25) is 14.4 Å². The highest BCUT2D eigenvalue weighted by atomic mass is 16.2. The topological polar surface area (TPSA) is 78.5 Å². The molecule has 0 aromatic carbocycles. The summed E-state index contributed by atoms with van der Waals surface area (Å²) in [4.78, 5) is 35.5. The molecule has 16 heavy (non-hydrogen) atoms. The van der Waals surface area contributed by atoms with Gasteiger partial charge in [-0.15, -0.1) is 0 Å². The molecule has 6 nitrogen and oxygen atoms in total. The fourth-order valence-corrected chi connectivity index (χ4v) is 2.07. The Bertz CT molecular complexity index is 342. The molecular formula is C10H15N3O3. The predicted molar refractivity (Wildman–Crippen MR) is 55.3 cm³/mol. The summed E-state index contributed by atoms with van der Waals surface area (Å²) in [5.41, 5.74) is 0. The normalized spacial score (nSPS) is 29.4. The van der Waals surface area contributed by atoms with Gasteiger partial charge in [-0.2, -0.15) is 0 Å². The largest absolute Gasteiger partial charge is 0.349 e. The number of rotatable bonds is 2. The van der Waals surface area contributed by atoms with E-state index in [1.54, 1.807) is 11.9 Å². The Labute approximate surface area is 93.4 Å². The molecule has 2 aliphatic rings. The van der Waals surface area contributed by atoms with Gasteiger partial charge in [0.1, 0.15) is 6.04 Å². The minimum atomic E-state index is -0.423. The summed E-state index contributed by atoms with van der Waals surface area (Å²) in [6, 6.07) is -0.545. The third kappa shape index (κ3) is 2.15. The lowest BCUT2D eigenvalue weighted by molar-refractivity contribution is -0.126. The van der Waals surface area contributed by atoms with Crippen molar-refractivity contribution >= 4 is 17.7 Å². The van der Waals surface area contributed by atoms with E-state index < -0.39 is 6.04 Å². The second kappa shape index (κ2) is 4.11. The van der Waals surface area contributed by atoms with Crippen LogP contribution < -0.4 is 10.6 Å². The highest BCUT2D eigenvalue weighted by Crippen LogP contribution is 2.11. The van der Waals surface area contributed by atoms with Crippen molar-refractivity contribution in [3.05, 3.63) is 0 Å². The van der Waals surface area contributed by atoms with Gasteiger partial charge in [-0.05, 0) is 6.42 Å². The number of amides is 3. The zero-order valence-electron chi connectivity index (χ0n) is 9.16. The molecule has 2 heterocycles. The van der Waals surface area contributed by atoms with Crippen molar-refractivity contribution < 1.29 is 14.4 Å². The molecule has 3 amide bonds. The van der Waals surface area contributed by atoms with Crippen LogP contribution in [0, 0.1) is 0 Å². The number of hydrogen-bond acceptors (Lipinski definition) is 3. The molecule has 0 aromatic heterocycles. The zero-order chi connectivity index (χ0) is 11.7. The van der Waals surface area contributed by atoms with Crippen LogP contribution in [0.1, 0.15) is 19.3 Å². The maximum atomic E-state index is 11.7. The monoisotopic (exact) mass is 225 g/mol.